The summed E-state index contributed by atoms with van der Waals surface area (Å²) in [6.07, 6.45) is 7.21. The van der Waals surface area contributed by atoms with E-state index >= 15 is 0 Å². The van der Waals surface area contributed by atoms with Gasteiger partial charge >= 0.3 is 0 Å². The molecule has 2 aliphatic rings. The lowest BCUT2D eigenvalue weighted by Crippen LogP contribution is -2.14. The zero-order chi connectivity index (χ0) is 11.4. The molecule has 3 heteroatoms. The summed E-state index contributed by atoms with van der Waals surface area (Å²) in [6, 6.07) is 8.73. The van der Waals surface area contributed by atoms with E-state index in [9.17, 15) is 0 Å². The Morgan fingerprint density at radius 1 is 1.18 bits per heavy atom. The molecule has 17 heavy (non-hydrogen) atoms. The van der Waals surface area contributed by atoms with Crippen LogP contribution in [-0.4, -0.2) is 9.78 Å². The summed E-state index contributed by atoms with van der Waals surface area (Å²) in [4.78, 5) is 0. The molecule has 0 radical (unpaired) electrons. The van der Waals surface area contributed by atoms with E-state index in [4.69, 9.17) is 11.6 Å². The predicted octanol–water partition coefficient (Wildman–Crippen LogP) is 3.83. The van der Waals surface area contributed by atoms with E-state index in [1.807, 2.05) is 12.1 Å². The molecule has 1 fully saturated rings. The van der Waals surface area contributed by atoms with Gasteiger partial charge in [0.1, 0.15) is 0 Å². The number of para-hydroxylation sites is 1. The molecule has 0 spiro atoms. The Kier molecular flexibility index (Phi) is 1.92. The van der Waals surface area contributed by atoms with Gasteiger partial charge in [-0.3, -0.25) is 4.68 Å². The average molecular weight is 245 g/mol. The van der Waals surface area contributed by atoms with Crippen LogP contribution in [0, 0.1) is 11.8 Å². The van der Waals surface area contributed by atoms with Crippen molar-refractivity contribution in [3.8, 4) is 0 Å². The van der Waals surface area contributed by atoms with Crippen molar-refractivity contribution in [2.24, 2.45) is 11.8 Å². The molecule has 1 heterocycles. The Morgan fingerprint density at radius 2 is 2.06 bits per heavy atom. The molecule has 0 saturated heterocycles. The number of nitrogens with zero attached hydrogens (tertiary/aromatic N) is 2. The third-order valence-electron chi connectivity index (χ3n) is 4.13. The van der Waals surface area contributed by atoms with E-state index in [0.29, 0.717) is 17.1 Å². The number of fused-ring (bicyclic) bond motifs is 3. The molecule has 1 aromatic carbocycles. The van der Waals surface area contributed by atoms with Crippen LogP contribution in [0.4, 0.5) is 0 Å². The number of allylic oxidation sites excluding steroid dienone is 2. The molecule has 0 amide bonds. The van der Waals surface area contributed by atoms with Crippen LogP contribution in [0.2, 0.25) is 5.15 Å². The van der Waals surface area contributed by atoms with Gasteiger partial charge in [-0.25, -0.2) is 0 Å². The highest BCUT2D eigenvalue weighted by Crippen LogP contribution is 2.47. The Labute approximate surface area is 105 Å². The van der Waals surface area contributed by atoms with Crippen LogP contribution in [0.15, 0.2) is 36.4 Å². The number of hydrogen-bond acceptors (Lipinski definition) is 1. The van der Waals surface area contributed by atoms with E-state index in [-0.39, 0.29) is 0 Å². The molecular weight excluding hydrogens is 232 g/mol. The number of benzene rings is 1. The monoisotopic (exact) mass is 244 g/mol. The van der Waals surface area contributed by atoms with Gasteiger partial charge in [-0.05, 0) is 36.8 Å². The second-order valence-electron chi connectivity index (χ2n) is 5.10. The van der Waals surface area contributed by atoms with Gasteiger partial charge in [-0.15, -0.1) is 0 Å². The Balaban J connectivity index is 1.89. The number of halogens is 1. The third-order valence-corrected chi connectivity index (χ3v) is 4.41. The second-order valence-corrected chi connectivity index (χ2v) is 5.46. The first-order chi connectivity index (χ1) is 8.33. The third kappa shape index (κ3) is 1.31. The van der Waals surface area contributed by atoms with Crippen molar-refractivity contribution in [3.05, 3.63) is 41.6 Å². The van der Waals surface area contributed by atoms with E-state index in [1.165, 1.54) is 18.4 Å². The lowest BCUT2D eigenvalue weighted by molar-refractivity contribution is 0.406. The molecule has 0 N–H and O–H groups in total. The van der Waals surface area contributed by atoms with Gasteiger partial charge in [0.15, 0.2) is 5.15 Å². The summed E-state index contributed by atoms with van der Waals surface area (Å²) in [7, 11) is 0. The molecule has 2 aliphatic carbocycles. The van der Waals surface area contributed by atoms with E-state index in [0.717, 1.165) is 11.3 Å². The summed E-state index contributed by atoms with van der Waals surface area (Å²) in [5.41, 5.74) is 1.17. The molecule has 4 rings (SSSR count). The zero-order valence-electron chi connectivity index (χ0n) is 9.38. The van der Waals surface area contributed by atoms with Crippen molar-refractivity contribution in [3.63, 3.8) is 0 Å². The smallest absolute Gasteiger partial charge is 0.158 e. The van der Waals surface area contributed by atoms with Gasteiger partial charge in [0.2, 0.25) is 0 Å². The summed E-state index contributed by atoms with van der Waals surface area (Å²) in [5.74, 6) is 1.41. The van der Waals surface area contributed by atoms with Gasteiger partial charge in [0.25, 0.3) is 0 Å². The van der Waals surface area contributed by atoms with E-state index in [1.54, 1.807) is 0 Å². The minimum absolute atomic E-state index is 0.502. The van der Waals surface area contributed by atoms with Crippen LogP contribution >= 0.6 is 11.6 Å². The number of rotatable bonds is 1. The number of hydrogen-bond donors (Lipinski definition) is 0. The normalized spacial score (nSPS) is 30.5. The molecule has 86 valence electrons. The summed E-state index contributed by atoms with van der Waals surface area (Å²) < 4.78 is 2.14. The predicted molar refractivity (Wildman–Crippen MR) is 69.1 cm³/mol. The Bertz CT molecular complexity index is 614. The fraction of sp³-hybridized carbons (Fsp3) is 0.357. The Morgan fingerprint density at radius 3 is 2.82 bits per heavy atom. The molecule has 0 aliphatic heterocycles. The fourth-order valence-electron chi connectivity index (χ4n) is 3.34. The van der Waals surface area contributed by atoms with Crippen molar-refractivity contribution >= 4 is 22.5 Å². The van der Waals surface area contributed by atoms with E-state index in [2.05, 4.69) is 34.1 Å². The summed E-state index contributed by atoms with van der Waals surface area (Å²) >= 11 is 6.21. The van der Waals surface area contributed by atoms with Crippen LogP contribution in [0.5, 0.6) is 0 Å². The van der Waals surface area contributed by atoms with Gasteiger partial charge in [-0.1, -0.05) is 35.9 Å². The van der Waals surface area contributed by atoms with Crippen LogP contribution < -0.4 is 0 Å². The van der Waals surface area contributed by atoms with Crippen molar-refractivity contribution in [2.45, 2.75) is 18.9 Å². The van der Waals surface area contributed by atoms with Gasteiger partial charge in [-0.2, -0.15) is 5.10 Å². The average Bonchev–Trinajstić information content (AvgIpc) is 3.04. The molecule has 1 unspecified atom stereocenters. The molecule has 2 aromatic rings. The largest absolute Gasteiger partial charge is 0.260 e. The summed E-state index contributed by atoms with van der Waals surface area (Å²) in [6.45, 7) is 0. The highest BCUT2D eigenvalue weighted by molar-refractivity contribution is 6.34. The minimum Gasteiger partial charge on any atom is -0.260 e. The van der Waals surface area contributed by atoms with Crippen molar-refractivity contribution < 1.29 is 0 Å². The standard InChI is InChI=1S/C14H13ClN2/c15-14-11-3-1-2-4-12(11)17(16-14)13-8-9-5-6-10(13)7-9/h1-6,9-10,13H,7-8H2/t9-,10?,13+/m1/s1. The van der Waals surface area contributed by atoms with Crippen molar-refractivity contribution in [1.82, 2.24) is 9.78 Å². The first kappa shape index (κ1) is 9.72. The lowest BCUT2D eigenvalue weighted by atomic mass is 10.0. The summed E-state index contributed by atoms with van der Waals surface area (Å²) in [5, 5.41) is 6.24. The van der Waals surface area contributed by atoms with Crippen LogP contribution in [0.3, 0.4) is 0 Å². The maximum Gasteiger partial charge on any atom is 0.158 e. The second kappa shape index (κ2) is 3.36. The minimum atomic E-state index is 0.502. The molecule has 2 nitrogen and oxygen atoms in total. The van der Waals surface area contributed by atoms with Crippen LogP contribution in [-0.2, 0) is 0 Å². The van der Waals surface area contributed by atoms with Gasteiger partial charge in [0, 0.05) is 5.39 Å². The zero-order valence-corrected chi connectivity index (χ0v) is 10.1. The fourth-order valence-corrected chi connectivity index (χ4v) is 3.58. The first-order valence-electron chi connectivity index (χ1n) is 6.14. The SMILES string of the molecule is Clc1nn([C@H]2C[C@@H]3C=CC2C3)c2ccccc12. The first-order valence-corrected chi connectivity index (χ1v) is 6.52. The van der Waals surface area contributed by atoms with Crippen molar-refractivity contribution in [2.75, 3.05) is 0 Å². The van der Waals surface area contributed by atoms with Gasteiger partial charge in [0.05, 0.1) is 11.6 Å². The molecule has 1 aromatic heterocycles. The quantitative estimate of drug-likeness (QED) is 0.698. The molecule has 2 bridgehead atoms. The molecule has 3 atom stereocenters. The van der Waals surface area contributed by atoms with Gasteiger partial charge < -0.3 is 0 Å². The highest BCUT2D eigenvalue weighted by atomic mass is 35.5. The van der Waals surface area contributed by atoms with Crippen LogP contribution in [0.1, 0.15) is 18.9 Å². The molecule has 1 saturated carbocycles. The van der Waals surface area contributed by atoms with E-state index < -0.39 is 0 Å². The maximum absolute atomic E-state index is 6.21. The van der Waals surface area contributed by atoms with Crippen molar-refractivity contribution in [1.29, 1.82) is 0 Å². The maximum atomic E-state index is 6.21. The topological polar surface area (TPSA) is 17.8 Å². The molecular formula is C14H13ClN2. The van der Waals surface area contributed by atoms with Crippen LogP contribution in [0.25, 0.3) is 10.9 Å². The lowest BCUT2D eigenvalue weighted by Gasteiger charge is -2.19. The number of aromatic nitrogens is 2. The highest BCUT2D eigenvalue weighted by Gasteiger charge is 2.37. The Hall–Kier alpha value is -1.28.